The predicted octanol–water partition coefficient (Wildman–Crippen LogP) is 10.5. The molecule has 8 heterocycles. The highest BCUT2D eigenvalue weighted by molar-refractivity contribution is 9.09. The maximum atomic E-state index is 13.0. The Kier molecular flexibility index (Phi) is 23.3. The maximum Gasteiger partial charge on any atom is 0.327 e. The number of halogens is 1. The van der Waals surface area contributed by atoms with Crippen molar-refractivity contribution in [3.8, 4) is 0 Å². The zero-order valence-corrected chi connectivity index (χ0v) is 46.4. The lowest BCUT2D eigenvalue weighted by Gasteiger charge is -2.30. The average molecular weight is 1100 g/mol. The Labute approximate surface area is 454 Å². The molecule has 6 aliphatic rings. The second-order valence-corrected chi connectivity index (χ2v) is 21.8. The number of aromatic nitrogens is 4. The van der Waals surface area contributed by atoms with Crippen LogP contribution in [0.1, 0.15) is 182 Å². The van der Waals surface area contributed by atoms with Crippen LogP contribution in [0.15, 0.2) is 60.9 Å². The highest BCUT2D eigenvalue weighted by atomic mass is 79.9. The van der Waals surface area contributed by atoms with Gasteiger partial charge in [0.2, 0.25) is 0 Å². The van der Waals surface area contributed by atoms with Crippen LogP contribution in [0, 0.1) is 0 Å². The van der Waals surface area contributed by atoms with E-state index in [2.05, 4.69) is 60.4 Å². The van der Waals surface area contributed by atoms with Crippen LogP contribution < -0.4 is 5.32 Å². The zero-order chi connectivity index (χ0) is 52.0. The third-order valence-electron chi connectivity index (χ3n) is 15.5. The Bertz CT molecular complexity index is 2370. The second kappa shape index (κ2) is 30.6. The summed E-state index contributed by atoms with van der Waals surface area (Å²) >= 11 is 3.36. The number of alkyl halides is 1. The SMILES string of the molecule is COC(=O)C(Br)c1cccnc1C1CCCCO1.COC(=O)C(c1cccnc1C1CCCCO1)N1CC[C@@H](OCCCCc2ccc3c(n2)CCCC3)C1.c1cc2c(nc1CCCCO[C@@H]1CCNC1)CCCC2. The van der Waals surface area contributed by atoms with Gasteiger partial charge < -0.3 is 33.7 Å². The van der Waals surface area contributed by atoms with Gasteiger partial charge in [-0.3, -0.25) is 29.6 Å². The summed E-state index contributed by atoms with van der Waals surface area (Å²) in [5.41, 5.74) is 11.5. The van der Waals surface area contributed by atoms with Crippen LogP contribution in [0.4, 0.5) is 0 Å². The van der Waals surface area contributed by atoms with Gasteiger partial charge in [-0.1, -0.05) is 40.2 Å². The fraction of sp³-hybridized carbons (Fsp3) is 0.633. The first-order valence-electron chi connectivity index (χ1n) is 28.4. The molecule has 2 aliphatic carbocycles. The number of ether oxygens (including phenoxy) is 6. The van der Waals surface area contributed by atoms with E-state index < -0.39 is 10.9 Å². The Morgan fingerprint density at radius 1 is 0.653 bits per heavy atom. The molecule has 4 unspecified atom stereocenters. The topological polar surface area (TPSA) is 156 Å². The molecule has 0 spiro atoms. The number of nitrogens with one attached hydrogen (secondary N) is 1. The number of methoxy groups -OCH3 is 2. The van der Waals surface area contributed by atoms with Crippen LogP contribution >= 0.6 is 15.9 Å². The van der Waals surface area contributed by atoms with Gasteiger partial charge in [-0.15, -0.1) is 0 Å². The number of hydrogen-bond donors (Lipinski definition) is 1. The molecule has 0 radical (unpaired) electrons. The van der Waals surface area contributed by atoms with E-state index in [1.807, 2.05) is 24.3 Å². The van der Waals surface area contributed by atoms with Crippen LogP contribution in [-0.2, 0) is 76.5 Å². The maximum absolute atomic E-state index is 13.0. The summed E-state index contributed by atoms with van der Waals surface area (Å²) < 4.78 is 33.9. The lowest BCUT2D eigenvalue weighted by atomic mass is 9.95. The number of rotatable bonds is 19. The van der Waals surface area contributed by atoms with E-state index in [0.29, 0.717) is 12.6 Å². The molecule has 0 aromatic carbocycles. The van der Waals surface area contributed by atoms with Crippen molar-refractivity contribution in [2.24, 2.45) is 0 Å². The van der Waals surface area contributed by atoms with Crippen molar-refractivity contribution in [2.75, 3.05) is 66.8 Å². The lowest BCUT2D eigenvalue weighted by molar-refractivity contribution is -0.147. The molecular weight excluding hydrogens is 1010 g/mol. The van der Waals surface area contributed by atoms with Crippen LogP contribution in [0.5, 0.6) is 0 Å². The Morgan fingerprint density at radius 3 is 1.76 bits per heavy atom. The van der Waals surface area contributed by atoms with Crippen molar-refractivity contribution in [3.63, 3.8) is 0 Å². The van der Waals surface area contributed by atoms with Crippen molar-refractivity contribution >= 4 is 27.9 Å². The summed E-state index contributed by atoms with van der Waals surface area (Å²) in [6.45, 7) is 6.79. The monoisotopic (exact) mass is 1090 g/mol. The normalized spacial score (nSPS) is 22.3. The van der Waals surface area contributed by atoms with E-state index in [0.717, 1.165) is 152 Å². The summed E-state index contributed by atoms with van der Waals surface area (Å²) in [4.78, 5) is 45.1. The molecule has 0 saturated carbocycles. The zero-order valence-electron chi connectivity index (χ0n) is 44.8. The fourth-order valence-corrected chi connectivity index (χ4v) is 11.9. The Morgan fingerprint density at radius 2 is 1.21 bits per heavy atom. The summed E-state index contributed by atoms with van der Waals surface area (Å²) in [5.74, 6) is -0.566. The Balaban J connectivity index is 0.000000165. The number of aryl methyl sites for hydroxylation is 6. The minimum Gasteiger partial charge on any atom is -0.468 e. The van der Waals surface area contributed by atoms with Crippen LogP contribution in [0.3, 0.4) is 0 Å². The molecule has 75 heavy (non-hydrogen) atoms. The summed E-state index contributed by atoms with van der Waals surface area (Å²) in [7, 11) is 2.84. The molecule has 4 aromatic rings. The number of likely N-dealkylation sites (tertiary alicyclic amines) is 1. The van der Waals surface area contributed by atoms with Gasteiger partial charge in [-0.05, 0) is 183 Å². The minimum atomic E-state index is -0.489. The molecule has 4 saturated heterocycles. The number of fused-ring (bicyclic) bond motifs is 2. The molecule has 408 valence electrons. The quantitative estimate of drug-likeness (QED) is 0.0537. The smallest absolute Gasteiger partial charge is 0.327 e. The van der Waals surface area contributed by atoms with E-state index in [9.17, 15) is 9.59 Å². The second-order valence-electron chi connectivity index (χ2n) is 20.9. The molecule has 0 bridgehead atoms. The molecule has 1 N–H and O–H groups in total. The minimum absolute atomic E-state index is 0.0142. The first kappa shape index (κ1) is 57.0. The van der Waals surface area contributed by atoms with Gasteiger partial charge >= 0.3 is 11.9 Å². The molecule has 0 amide bonds. The molecule has 15 heteroatoms. The number of nitrogens with zero attached hydrogens (tertiary/aromatic N) is 5. The van der Waals surface area contributed by atoms with Crippen molar-refractivity contribution in [2.45, 2.75) is 177 Å². The van der Waals surface area contributed by atoms with E-state index in [4.69, 9.17) is 38.4 Å². The Hall–Kier alpha value is -4.22. The number of hydrogen-bond acceptors (Lipinski definition) is 14. The van der Waals surface area contributed by atoms with Crippen LogP contribution in [-0.4, -0.2) is 116 Å². The lowest BCUT2D eigenvalue weighted by Crippen LogP contribution is -2.35. The predicted molar refractivity (Wildman–Crippen MR) is 293 cm³/mol. The highest BCUT2D eigenvalue weighted by Crippen LogP contribution is 2.37. The van der Waals surface area contributed by atoms with Gasteiger partial charge in [-0.25, -0.2) is 4.79 Å². The number of carbonyl (C=O) groups excluding carboxylic acids is 2. The molecular formula is C60H83BrN6O8. The number of pyridine rings is 4. The molecule has 10 rings (SSSR count). The molecule has 14 nitrogen and oxygen atoms in total. The van der Waals surface area contributed by atoms with Gasteiger partial charge in [0.25, 0.3) is 0 Å². The van der Waals surface area contributed by atoms with Gasteiger partial charge in [0.15, 0.2) is 0 Å². The van der Waals surface area contributed by atoms with Crippen molar-refractivity contribution < 1.29 is 38.0 Å². The third kappa shape index (κ3) is 16.9. The largest absolute Gasteiger partial charge is 0.468 e. The van der Waals surface area contributed by atoms with Gasteiger partial charge in [0, 0.05) is 92.4 Å². The molecule has 4 aromatic heterocycles. The summed E-state index contributed by atoms with van der Waals surface area (Å²) in [6, 6.07) is 16.1. The van der Waals surface area contributed by atoms with Crippen molar-refractivity contribution in [3.05, 3.63) is 117 Å². The highest BCUT2D eigenvalue weighted by Gasteiger charge is 2.38. The third-order valence-corrected chi connectivity index (χ3v) is 16.4. The fourth-order valence-electron chi connectivity index (χ4n) is 11.3. The summed E-state index contributed by atoms with van der Waals surface area (Å²) in [5, 5.41) is 3.33. The van der Waals surface area contributed by atoms with E-state index >= 15 is 0 Å². The molecule has 4 fully saturated rings. The van der Waals surface area contributed by atoms with E-state index in [1.54, 1.807) is 12.4 Å². The first-order valence-corrected chi connectivity index (χ1v) is 29.4. The van der Waals surface area contributed by atoms with E-state index in [1.165, 1.54) is 106 Å². The van der Waals surface area contributed by atoms with Gasteiger partial charge in [0.05, 0.1) is 50.0 Å². The van der Waals surface area contributed by atoms with Crippen LogP contribution in [0.2, 0.25) is 0 Å². The first-order chi connectivity index (χ1) is 36.9. The standard InChI is InChI=1S/C30H41N3O4.C17H26N2O.C13H16BrNO3/c1-35-30(34)29(25-11-8-17-31-28(25)27-13-5-7-20-37-27)33-18-16-24(21-33)36-19-6-4-10-23-15-14-22-9-2-3-12-26(22)32-23;1-2-7-17-14(5-1)8-9-15(19-17)6-3-4-12-20-16-10-11-18-13-16;1-17-13(16)11(14)9-5-4-7-15-12(9)10-6-2-3-8-18-10/h8,11,14-15,17,24,27,29H,2-7,9-10,12-13,16,18-21H2,1H3;8-9,16,18H,1-7,10-13H2;4-5,7,10-11H,2-3,6,8H2,1H3/t24-,27?,29?;16-;/m11./s1. The number of carbonyl (C=O) groups is 2. The van der Waals surface area contributed by atoms with Crippen LogP contribution in [0.25, 0.3) is 0 Å². The number of esters is 2. The van der Waals surface area contributed by atoms with Gasteiger partial charge in [0.1, 0.15) is 10.9 Å². The van der Waals surface area contributed by atoms with Crippen molar-refractivity contribution in [1.82, 2.24) is 30.2 Å². The molecule has 4 aliphatic heterocycles. The average Bonchev–Trinajstić information content (AvgIpc) is 4.18. The number of unbranched alkanes of at least 4 members (excludes halogenated alkanes) is 2. The van der Waals surface area contributed by atoms with Crippen molar-refractivity contribution in [1.29, 1.82) is 0 Å². The van der Waals surface area contributed by atoms with E-state index in [-0.39, 0.29) is 30.3 Å². The van der Waals surface area contributed by atoms with Gasteiger partial charge in [-0.2, -0.15) is 0 Å². The molecule has 6 atom stereocenters. The summed E-state index contributed by atoms with van der Waals surface area (Å²) in [6.07, 6.45) is 28.9.